The molecule has 104 valence electrons. The Hall–Kier alpha value is -2.08. The van der Waals surface area contributed by atoms with Crippen LogP contribution in [0.3, 0.4) is 0 Å². The summed E-state index contributed by atoms with van der Waals surface area (Å²) in [4.78, 5) is 21.9. The van der Waals surface area contributed by atoms with Crippen LogP contribution in [0.5, 0.6) is 0 Å². The molecule has 0 unspecified atom stereocenters. The van der Waals surface area contributed by atoms with Crippen molar-refractivity contribution in [1.82, 2.24) is 10.6 Å². The molecule has 2 amide bonds. The summed E-state index contributed by atoms with van der Waals surface area (Å²) in [5.74, 6) is -1.26. The lowest BCUT2D eigenvalue weighted by Gasteiger charge is -2.12. The molecule has 0 fully saturated rings. The summed E-state index contributed by atoms with van der Waals surface area (Å²) in [5, 5.41) is 22.1. The van der Waals surface area contributed by atoms with E-state index in [-0.39, 0.29) is 0 Å². The van der Waals surface area contributed by atoms with Crippen LogP contribution >= 0.6 is 0 Å². The van der Waals surface area contributed by atoms with Crippen LogP contribution in [-0.4, -0.2) is 41.4 Å². The minimum atomic E-state index is -1.27. The molecule has 0 aliphatic carbocycles. The maximum absolute atomic E-state index is 11.3. The van der Waals surface area contributed by atoms with E-state index < -0.39 is 24.6 Å². The van der Waals surface area contributed by atoms with Crippen molar-refractivity contribution in [2.24, 2.45) is 0 Å². The Morgan fingerprint density at radius 1 is 1.21 bits per heavy atom. The lowest BCUT2D eigenvalue weighted by atomic mass is 10.1. The third-order valence-corrected chi connectivity index (χ3v) is 2.56. The molecular formula is C13H18N2O4. The topological polar surface area (TPSA) is 98.7 Å². The van der Waals surface area contributed by atoms with E-state index in [9.17, 15) is 9.59 Å². The summed E-state index contributed by atoms with van der Waals surface area (Å²) in [6, 6.07) is 8.00. The molecule has 0 aliphatic rings. The molecule has 4 N–H and O–H groups in total. The quantitative estimate of drug-likeness (QED) is 0.536. The van der Waals surface area contributed by atoms with Crippen molar-refractivity contribution in [3.8, 4) is 0 Å². The average molecular weight is 266 g/mol. The van der Waals surface area contributed by atoms with Crippen LogP contribution in [0.15, 0.2) is 30.3 Å². The van der Waals surface area contributed by atoms with Gasteiger partial charge >= 0.3 is 12.0 Å². The Balaban J connectivity index is 2.19. The predicted molar refractivity (Wildman–Crippen MR) is 69.8 cm³/mol. The summed E-state index contributed by atoms with van der Waals surface area (Å²) in [7, 11) is 0. The summed E-state index contributed by atoms with van der Waals surface area (Å²) in [6.07, 6.45) is 1.60. The van der Waals surface area contributed by atoms with E-state index >= 15 is 0 Å². The van der Waals surface area contributed by atoms with Crippen LogP contribution in [-0.2, 0) is 11.2 Å². The molecule has 6 heteroatoms. The molecule has 0 radical (unpaired) electrons. The van der Waals surface area contributed by atoms with Crippen molar-refractivity contribution in [2.45, 2.75) is 18.9 Å². The molecule has 0 heterocycles. The highest BCUT2D eigenvalue weighted by atomic mass is 16.4. The van der Waals surface area contributed by atoms with Crippen LogP contribution in [0.2, 0.25) is 0 Å². The molecule has 0 saturated carbocycles. The van der Waals surface area contributed by atoms with Gasteiger partial charge in [-0.3, -0.25) is 0 Å². The van der Waals surface area contributed by atoms with E-state index in [2.05, 4.69) is 10.6 Å². The van der Waals surface area contributed by atoms with Gasteiger partial charge < -0.3 is 20.8 Å². The average Bonchev–Trinajstić information content (AvgIpc) is 2.42. The van der Waals surface area contributed by atoms with E-state index in [0.29, 0.717) is 6.54 Å². The number of carbonyl (C=O) groups is 2. The maximum atomic E-state index is 11.3. The first-order valence-corrected chi connectivity index (χ1v) is 6.05. The summed E-state index contributed by atoms with van der Waals surface area (Å²) in [6.45, 7) is -0.189. The van der Waals surface area contributed by atoms with Crippen molar-refractivity contribution in [2.75, 3.05) is 13.2 Å². The van der Waals surface area contributed by atoms with E-state index in [1.54, 1.807) is 0 Å². The maximum Gasteiger partial charge on any atom is 0.328 e. The van der Waals surface area contributed by atoms with Gasteiger partial charge in [0.05, 0.1) is 6.61 Å². The Morgan fingerprint density at radius 2 is 1.89 bits per heavy atom. The molecule has 0 aromatic heterocycles. The first kappa shape index (κ1) is 15.0. The standard InChI is InChI=1S/C13H18N2O4/c16-9-11(12(17)18)15-13(19)14-8-4-7-10-5-2-1-3-6-10/h1-3,5-6,11,16H,4,7-9H2,(H,17,18)(H2,14,15,19)/t11-/m0/s1. The number of aliphatic carboxylic acids is 1. The van der Waals surface area contributed by atoms with Crippen LogP contribution < -0.4 is 10.6 Å². The number of hydrogen-bond acceptors (Lipinski definition) is 3. The number of carboxylic acid groups (broad SMARTS) is 1. The Morgan fingerprint density at radius 3 is 2.47 bits per heavy atom. The molecular weight excluding hydrogens is 248 g/mol. The van der Waals surface area contributed by atoms with Crippen molar-refractivity contribution in [3.05, 3.63) is 35.9 Å². The number of aryl methyl sites for hydroxylation is 1. The fourth-order valence-corrected chi connectivity index (χ4v) is 1.53. The molecule has 0 spiro atoms. The first-order valence-electron chi connectivity index (χ1n) is 6.05. The second-order valence-electron chi connectivity index (χ2n) is 4.06. The van der Waals surface area contributed by atoms with E-state index in [1.807, 2.05) is 30.3 Å². The molecule has 1 aromatic carbocycles. The number of urea groups is 1. The lowest BCUT2D eigenvalue weighted by Crippen LogP contribution is -2.48. The third-order valence-electron chi connectivity index (χ3n) is 2.56. The minimum absolute atomic E-state index is 0.443. The number of benzene rings is 1. The van der Waals surface area contributed by atoms with Gasteiger partial charge in [0.1, 0.15) is 0 Å². The summed E-state index contributed by atoms with van der Waals surface area (Å²) >= 11 is 0. The highest BCUT2D eigenvalue weighted by molar-refractivity contribution is 5.82. The lowest BCUT2D eigenvalue weighted by molar-refractivity contribution is -0.140. The number of amides is 2. The van der Waals surface area contributed by atoms with Gasteiger partial charge in [-0.05, 0) is 18.4 Å². The number of hydrogen-bond donors (Lipinski definition) is 4. The highest BCUT2D eigenvalue weighted by Crippen LogP contribution is 2.01. The van der Waals surface area contributed by atoms with Gasteiger partial charge in [0, 0.05) is 6.54 Å². The van der Waals surface area contributed by atoms with E-state index in [0.717, 1.165) is 12.8 Å². The Bertz CT molecular complexity index is 408. The number of rotatable bonds is 7. The molecule has 1 atom stereocenters. The third kappa shape index (κ3) is 5.87. The van der Waals surface area contributed by atoms with Crippen molar-refractivity contribution in [1.29, 1.82) is 0 Å². The smallest absolute Gasteiger partial charge is 0.328 e. The number of aliphatic hydroxyl groups excluding tert-OH is 1. The van der Waals surface area contributed by atoms with Crippen molar-refractivity contribution >= 4 is 12.0 Å². The highest BCUT2D eigenvalue weighted by Gasteiger charge is 2.17. The second-order valence-corrected chi connectivity index (χ2v) is 4.06. The summed E-state index contributed by atoms with van der Waals surface area (Å²) < 4.78 is 0. The van der Waals surface area contributed by atoms with Gasteiger partial charge in [-0.1, -0.05) is 30.3 Å². The Kier molecular flexibility index (Phi) is 6.38. The van der Waals surface area contributed by atoms with Gasteiger partial charge in [-0.25, -0.2) is 9.59 Å². The second kappa shape index (κ2) is 8.10. The van der Waals surface area contributed by atoms with Gasteiger partial charge in [-0.2, -0.15) is 0 Å². The number of carbonyl (C=O) groups excluding carboxylic acids is 1. The van der Waals surface area contributed by atoms with Crippen LogP contribution in [0, 0.1) is 0 Å². The minimum Gasteiger partial charge on any atom is -0.480 e. The summed E-state index contributed by atoms with van der Waals surface area (Å²) in [5.41, 5.74) is 1.18. The Labute approximate surface area is 111 Å². The molecule has 1 aromatic rings. The fraction of sp³-hybridized carbons (Fsp3) is 0.385. The molecule has 19 heavy (non-hydrogen) atoms. The van der Waals surface area contributed by atoms with Crippen LogP contribution in [0.4, 0.5) is 4.79 Å². The normalized spacial score (nSPS) is 11.6. The van der Waals surface area contributed by atoms with E-state index in [1.165, 1.54) is 5.56 Å². The van der Waals surface area contributed by atoms with Crippen LogP contribution in [0.25, 0.3) is 0 Å². The zero-order valence-corrected chi connectivity index (χ0v) is 10.5. The zero-order chi connectivity index (χ0) is 14.1. The molecule has 6 nitrogen and oxygen atoms in total. The fourth-order valence-electron chi connectivity index (χ4n) is 1.53. The van der Waals surface area contributed by atoms with Crippen molar-refractivity contribution < 1.29 is 19.8 Å². The van der Waals surface area contributed by atoms with Crippen molar-refractivity contribution in [3.63, 3.8) is 0 Å². The van der Waals surface area contributed by atoms with Gasteiger partial charge in [-0.15, -0.1) is 0 Å². The van der Waals surface area contributed by atoms with Crippen LogP contribution in [0.1, 0.15) is 12.0 Å². The first-order chi connectivity index (χ1) is 9.13. The SMILES string of the molecule is O=C(NCCCc1ccccc1)N[C@@H](CO)C(=O)O. The predicted octanol–water partition coefficient (Wildman–Crippen LogP) is 0.364. The number of carboxylic acids is 1. The largest absolute Gasteiger partial charge is 0.480 e. The van der Waals surface area contributed by atoms with Gasteiger partial charge in [0.2, 0.25) is 0 Å². The zero-order valence-electron chi connectivity index (χ0n) is 10.5. The molecule has 1 rings (SSSR count). The molecule has 0 aliphatic heterocycles. The number of nitrogens with one attached hydrogen (secondary N) is 2. The van der Waals surface area contributed by atoms with E-state index in [4.69, 9.17) is 10.2 Å². The van der Waals surface area contributed by atoms with Gasteiger partial charge in [0.25, 0.3) is 0 Å². The molecule has 0 bridgehead atoms. The number of aliphatic hydroxyl groups is 1. The monoisotopic (exact) mass is 266 g/mol. The van der Waals surface area contributed by atoms with Gasteiger partial charge in [0.15, 0.2) is 6.04 Å². The molecule has 0 saturated heterocycles.